The van der Waals surface area contributed by atoms with E-state index in [1.54, 1.807) is 54.7 Å². The number of rotatable bonds is 7. The maximum Gasteiger partial charge on any atom is 0.281 e. The van der Waals surface area contributed by atoms with Gasteiger partial charge >= 0.3 is 0 Å². The quantitative estimate of drug-likeness (QED) is 0.305. The molecular formula is C29H29N3O2. The van der Waals surface area contributed by atoms with Gasteiger partial charge in [0.05, 0.1) is 6.21 Å². The summed E-state index contributed by atoms with van der Waals surface area (Å²) in [7, 11) is 0. The van der Waals surface area contributed by atoms with E-state index in [1.165, 1.54) is 5.56 Å². The Kier molecular flexibility index (Phi) is 6.75. The van der Waals surface area contributed by atoms with E-state index in [2.05, 4.69) is 46.3 Å². The molecule has 0 atom stereocenters. The Morgan fingerprint density at radius 1 is 0.941 bits per heavy atom. The molecule has 0 radical (unpaired) electrons. The number of benzene rings is 3. The van der Waals surface area contributed by atoms with Crippen molar-refractivity contribution in [2.75, 3.05) is 0 Å². The predicted octanol–water partition coefficient (Wildman–Crippen LogP) is 5.04. The molecule has 1 aromatic heterocycles. The van der Waals surface area contributed by atoms with Crippen LogP contribution in [0.25, 0.3) is 5.69 Å². The van der Waals surface area contributed by atoms with Crippen molar-refractivity contribution in [3.63, 3.8) is 0 Å². The molecule has 2 N–H and O–H groups in total. The van der Waals surface area contributed by atoms with Gasteiger partial charge < -0.3 is 9.67 Å². The standard InChI is InChI=1S/C29H29N3O2/c1-4-23-15-17-27(18-16-23)32-21(2)19-24(22(32)3)20-30-31-28(33)29(34,25-11-7-5-8-12-25)26-13-9-6-10-14-26/h5-20,34H,4H2,1-3H3,(H,31,33). The van der Waals surface area contributed by atoms with E-state index in [0.717, 1.165) is 29.1 Å². The Labute approximate surface area is 200 Å². The number of aryl methyl sites for hydroxylation is 2. The lowest BCUT2D eigenvalue weighted by Crippen LogP contribution is -2.43. The normalized spacial score (nSPS) is 11.6. The first-order valence-corrected chi connectivity index (χ1v) is 11.4. The van der Waals surface area contributed by atoms with Crippen LogP contribution in [0.4, 0.5) is 0 Å². The summed E-state index contributed by atoms with van der Waals surface area (Å²) >= 11 is 0. The second-order valence-corrected chi connectivity index (χ2v) is 8.32. The number of carbonyl (C=O) groups excluding carboxylic acids is 1. The first kappa shape index (κ1) is 23.2. The molecule has 0 bridgehead atoms. The summed E-state index contributed by atoms with van der Waals surface area (Å²) < 4.78 is 2.16. The Morgan fingerprint density at radius 2 is 1.50 bits per heavy atom. The van der Waals surface area contributed by atoms with Crippen LogP contribution in [0.2, 0.25) is 0 Å². The number of nitrogens with one attached hydrogen (secondary N) is 1. The van der Waals surface area contributed by atoms with Crippen LogP contribution in [0.3, 0.4) is 0 Å². The molecule has 5 nitrogen and oxygen atoms in total. The zero-order valence-electron chi connectivity index (χ0n) is 19.7. The van der Waals surface area contributed by atoms with Gasteiger partial charge in [0.25, 0.3) is 5.91 Å². The predicted molar refractivity (Wildman–Crippen MR) is 136 cm³/mol. The maximum atomic E-state index is 13.2. The Bertz CT molecular complexity index is 1250. The molecule has 172 valence electrons. The molecule has 0 aliphatic rings. The minimum atomic E-state index is -1.86. The van der Waals surface area contributed by atoms with Gasteiger partial charge in [0.2, 0.25) is 0 Å². The number of amides is 1. The number of hydrazone groups is 1. The molecule has 0 aliphatic carbocycles. The third-order valence-corrected chi connectivity index (χ3v) is 6.15. The van der Waals surface area contributed by atoms with Gasteiger partial charge in [-0.05, 0) is 55.2 Å². The topological polar surface area (TPSA) is 66.6 Å². The molecule has 4 aromatic rings. The van der Waals surface area contributed by atoms with Gasteiger partial charge in [-0.15, -0.1) is 0 Å². The average molecular weight is 452 g/mol. The molecule has 4 rings (SSSR count). The molecule has 0 saturated heterocycles. The fourth-order valence-corrected chi connectivity index (χ4v) is 4.23. The lowest BCUT2D eigenvalue weighted by molar-refractivity contribution is -0.136. The van der Waals surface area contributed by atoms with Crippen LogP contribution in [0, 0.1) is 13.8 Å². The molecule has 1 amide bonds. The van der Waals surface area contributed by atoms with Gasteiger partial charge in [0, 0.05) is 22.6 Å². The van der Waals surface area contributed by atoms with E-state index < -0.39 is 11.5 Å². The number of nitrogens with zero attached hydrogens (tertiary/aromatic N) is 2. The highest BCUT2D eigenvalue weighted by molar-refractivity contribution is 5.91. The van der Waals surface area contributed by atoms with Gasteiger partial charge in [-0.2, -0.15) is 5.10 Å². The highest BCUT2D eigenvalue weighted by Crippen LogP contribution is 2.30. The third-order valence-electron chi connectivity index (χ3n) is 6.15. The molecule has 5 heteroatoms. The highest BCUT2D eigenvalue weighted by atomic mass is 16.3. The zero-order valence-corrected chi connectivity index (χ0v) is 19.7. The van der Waals surface area contributed by atoms with E-state index in [0.29, 0.717) is 11.1 Å². The summed E-state index contributed by atoms with van der Waals surface area (Å²) in [5.41, 5.74) is 6.98. The number of aliphatic hydroxyl groups is 1. The van der Waals surface area contributed by atoms with Crippen LogP contribution in [0.15, 0.2) is 96.1 Å². The van der Waals surface area contributed by atoms with Crippen molar-refractivity contribution in [2.45, 2.75) is 32.8 Å². The summed E-state index contributed by atoms with van der Waals surface area (Å²) in [6, 6.07) is 28.3. The molecule has 3 aromatic carbocycles. The van der Waals surface area contributed by atoms with Crippen LogP contribution >= 0.6 is 0 Å². The van der Waals surface area contributed by atoms with Crippen molar-refractivity contribution in [3.8, 4) is 5.69 Å². The van der Waals surface area contributed by atoms with E-state index >= 15 is 0 Å². The Hall–Kier alpha value is -3.96. The second-order valence-electron chi connectivity index (χ2n) is 8.32. The van der Waals surface area contributed by atoms with Crippen LogP contribution < -0.4 is 5.43 Å². The molecule has 0 saturated carbocycles. The van der Waals surface area contributed by atoms with Crippen molar-refractivity contribution in [3.05, 3.63) is 125 Å². The smallest absolute Gasteiger partial charge is 0.281 e. The van der Waals surface area contributed by atoms with Gasteiger partial charge in [0.15, 0.2) is 5.60 Å². The first-order chi connectivity index (χ1) is 16.4. The molecular weight excluding hydrogens is 422 g/mol. The van der Waals surface area contributed by atoms with Crippen molar-refractivity contribution >= 4 is 12.1 Å². The minimum Gasteiger partial charge on any atom is -0.372 e. The van der Waals surface area contributed by atoms with Crippen molar-refractivity contribution < 1.29 is 9.90 Å². The van der Waals surface area contributed by atoms with Gasteiger partial charge in [-0.3, -0.25) is 4.79 Å². The first-order valence-electron chi connectivity index (χ1n) is 11.4. The number of hydrogen-bond acceptors (Lipinski definition) is 3. The van der Waals surface area contributed by atoms with Crippen LogP contribution in [-0.4, -0.2) is 21.8 Å². The zero-order chi connectivity index (χ0) is 24.1. The number of carbonyl (C=O) groups is 1. The van der Waals surface area contributed by atoms with Crippen molar-refractivity contribution in [1.82, 2.24) is 9.99 Å². The van der Waals surface area contributed by atoms with Crippen LogP contribution in [0.1, 0.15) is 40.6 Å². The Balaban J connectivity index is 1.59. The van der Waals surface area contributed by atoms with E-state index in [1.807, 2.05) is 32.0 Å². The summed E-state index contributed by atoms with van der Waals surface area (Å²) in [5.74, 6) is -0.620. The molecule has 34 heavy (non-hydrogen) atoms. The summed E-state index contributed by atoms with van der Waals surface area (Å²) in [4.78, 5) is 13.2. The average Bonchev–Trinajstić information content (AvgIpc) is 3.17. The largest absolute Gasteiger partial charge is 0.372 e. The van der Waals surface area contributed by atoms with Crippen LogP contribution in [-0.2, 0) is 16.8 Å². The number of hydrogen-bond donors (Lipinski definition) is 2. The van der Waals surface area contributed by atoms with E-state index in [9.17, 15) is 9.90 Å². The Morgan fingerprint density at radius 3 is 2.03 bits per heavy atom. The maximum absolute atomic E-state index is 13.2. The summed E-state index contributed by atoms with van der Waals surface area (Å²) in [5, 5.41) is 15.7. The monoisotopic (exact) mass is 451 g/mol. The molecule has 1 heterocycles. The molecule has 0 fully saturated rings. The van der Waals surface area contributed by atoms with Crippen LogP contribution in [0.5, 0.6) is 0 Å². The lowest BCUT2D eigenvalue weighted by atomic mass is 9.85. The fraction of sp³-hybridized carbons (Fsp3) is 0.172. The molecule has 0 aliphatic heterocycles. The van der Waals surface area contributed by atoms with Crippen molar-refractivity contribution in [1.29, 1.82) is 0 Å². The van der Waals surface area contributed by atoms with E-state index in [4.69, 9.17) is 0 Å². The van der Waals surface area contributed by atoms with Crippen molar-refractivity contribution in [2.24, 2.45) is 5.10 Å². The van der Waals surface area contributed by atoms with Gasteiger partial charge in [0.1, 0.15) is 0 Å². The van der Waals surface area contributed by atoms with Gasteiger partial charge in [-0.1, -0.05) is 79.7 Å². The highest BCUT2D eigenvalue weighted by Gasteiger charge is 2.39. The lowest BCUT2D eigenvalue weighted by Gasteiger charge is -2.27. The summed E-state index contributed by atoms with van der Waals surface area (Å²) in [6.07, 6.45) is 2.62. The fourth-order valence-electron chi connectivity index (χ4n) is 4.23. The number of aromatic nitrogens is 1. The SMILES string of the molecule is CCc1ccc(-n2c(C)cc(C=NNC(=O)C(O)(c3ccccc3)c3ccccc3)c2C)cc1. The molecule has 0 unspecified atom stereocenters. The second kappa shape index (κ2) is 9.89. The third kappa shape index (κ3) is 4.43. The minimum absolute atomic E-state index is 0.475. The molecule has 0 spiro atoms. The van der Waals surface area contributed by atoms with Gasteiger partial charge in [-0.25, -0.2) is 5.43 Å². The van der Waals surface area contributed by atoms with E-state index in [-0.39, 0.29) is 0 Å². The summed E-state index contributed by atoms with van der Waals surface area (Å²) in [6.45, 7) is 6.20.